The molecule has 0 N–H and O–H groups in total. The van der Waals surface area contributed by atoms with Crippen LogP contribution in [-0.2, 0) is 4.74 Å². The van der Waals surface area contributed by atoms with Gasteiger partial charge in [0.25, 0.3) is 0 Å². The monoisotopic (exact) mass is 521 g/mol. The zero-order chi connectivity index (χ0) is 26.7. The summed E-state index contributed by atoms with van der Waals surface area (Å²) in [5, 5.41) is 0. The van der Waals surface area contributed by atoms with E-state index in [0.717, 1.165) is 13.2 Å². The van der Waals surface area contributed by atoms with Crippen LogP contribution in [-0.4, -0.2) is 13.2 Å². The molecule has 222 valence electrons. The van der Waals surface area contributed by atoms with Gasteiger partial charge in [-0.3, -0.25) is 0 Å². The number of rotatable bonds is 33. The van der Waals surface area contributed by atoms with Crippen LogP contribution in [0.1, 0.15) is 206 Å². The fourth-order valence-corrected chi connectivity index (χ4v) is 5.31. The Kier molecular flexibility index (Phi) is 35.4. The van der Waals surface area contributed by atoms with E-state index in [1.807, 2.05) is 0 Å². The molecule has 0 amide bonds. The van der Waals surface area contributed by atoms with Crippen molar-refractivity contribution in [3.05, 3.63) is 12.2 Å². The summed E-state index contributed by atoms with van der Waals surface area (Å²) in [7, 11) is 0. The van der Waals surface area contributed by atoms with Gasteiger partial charge in [-0.2, -0.15) is 0 Å². The van der Waals surface area contributed by atoms with Crippen LogP contribution in [0.2, 0.25) is 0 Å². The highest BCUT2D eigenvalue weighted by Gasteiger charge is 1.96. The maximum Gasteiger partial charge on any atom is 0.0466 e. The minimum absolute atomic E-state index is 0.986. The zero-order valence-corrected chi connectivity index (χ0v) is 26.2. The molecular weight excluding hydrogens is 448 g/mol. The summed E-state index contributed by atoms with van der Waals surface area (Å²) in [4.78, 5) is 0. The van der Waals surface area contributed by atoms with Gasteiger partial charge in [0.15, 0.2) is 0 Å². The van der Waals surface area contributed by atoms with Crippen LogP contribution in [0.5, 0.6) is 0 Å². The van der Waals surface area contributed by atoms with Gasteiger partial charge in [-0.1, -0.05) is 180 Å². The van der Waals surface area contributed by atoms with Crippen molar-refractivity contribution in [1.29, 1.82) is 0 Å². The largest absolute Gasteiger partial charge is 0.381 e. The molecule has 0 unspecified atom stereocenters. The number of allylic oxidation sites excluding steroid dienone is 2. The first-order valence-electron chi connectivity index (χ1n) is 17.6. The molecule has 0 saturated carbocycles. The molecule has 0 atom stereocenters. The number of unbranched alkanes of at least 4 members (excludes halogenated alkanes) is 27. The first-order chi connectivity index (χ1) is 18.4. The fraction of sp³-hybridized carbons (Fsp3) is 0.944. The molecular formula is C36H72O. The lowest BCUT2D eigenvalue weighted by Crippen LogP contribution is -1.97. The van der Waals surface area contributed by atoms with Crippen LogP contribution < -0.4 is 0 Å². The molecule has 0 aliphatic carbocycles. The van der Waals surface area contributed by atoms with E-state index in [2.05, 4.69) is 26.0 Å². The van der Waals surface area contributed by atoms with E-state index >= 15 is 0 Å². The molecule has 0 aromatic heterocycles. The summed E-state index contributed by atoms with van der Waals surface area (Å²) >= 11 is 0. The lowest BCUT2D eigenvalue weighted by molar-refractivity contribution is 0.125. The summed E-state index contributed by atoms with van der Waals surface area (Å²) in [6.07, 6.45) is 47.1. The van der Waals surface area contributed by atoms with Crippen molar-refractivity contribution in [3.63, 3.8) is 0 Å². The minimum Gasteiger partial charge on any atom is -0.381 e. The Morgan fingerprint density at radius 1 is 0.297 bits per heavy atom. The maximum absolute atomic E-state index is 5.86. The summed E-state index contributed by atoms with van der Waals surface area (Å²) in [5.41, 5.74) is 0. The second kappa shape index (κ2) is 35.7. The van der Waals surface area contributed by atoms with E-state index in [4.69, 9.17) is 4.74 Å². The van der Waals surface area contributed by atoms with Crippen LogP contribution in [0.15, 0.2) is 12.2 Å². The molecule has 0 aromatic rings. The molecule has 0 rings (SSSR count). The van der Waals surface area contributed by atoms with Gasteiger partial charge in [-0.25, -0.2) is 0 Å². The molecule has 0 radical (unpaired) electrons. The van der Waals surface area contributed by atoms with Crippen molar-refractivity contribution in [2.45, 2.75) is 206 Å². The average molecular weight is 521 g/mol. The SMILES string of the molecule is CCCCCCCCC=CCCCCCCCCOCCCCCCCCCCCCCCCCCC. The molecule has 0 aliphatic rings. The van der Waals surface area contributed by atoms with E-state index in [-0.39, 0.29) is 0 Å². The molecule has 0 bridgehead atoms. The van der Waals surface area contributed by atoms with Crippen molar-refractivity contribution in [2.75, 3.05) is 13.2 Å². The molecule has 1 heteroatoms. The summed E-state index contributed by atoms with van der Waals surface area (Å²) in [6, 6.07) is 0. The Balaban J connectivity index is 3.05. The second-order valence-corrected chi connectivity index (χ2v) is 11.9. The van der Waals surface area contributed by atoms with E-state index in [1.165, 1.54) is 193 Å². The van der Waals surface area contributed by atoms with Gasteiger partial charge in [0.05, 0.1) is 0 Å². The van der Waals surface area contributed by atoms with Gasteiger partial charge in [0.1, 0.15) is 0 Å². The third kappa shape index (κ3) is 35.7. The van der Waals surface area contributed by atoms with Gasteiger partial charge >= 0.3 is 0 Å². The maximum atomic E-state index is 5.86. The Morgan fingerprint density at radius 2 is 0.541 bits per heavy atom. The Bertz CT molecular complexity index is 401. The van der Waals surface area contributed by atoms with Gasteiger partial charge in [-0.15, -0.1) is 0 Å². The number of hydrogen-bond acceptors (Lipinski definition) is 1. The number of ether oxygens (including phenoxy) is 1. The molecule has 0 aliphatic heterocycles. The van der Waals surface area contributed by atoms with E-state index in [9.17, 15) is 0 Å². The standard InChI is InChI=1S/C36H72O/c1-3-5-7-9-11-13-15-17-19-21-23-25-27-29-31-33-35-37-36-34-32-30-28-26-24-22-20-18-16-14-12-10-8-6-4-2/h17,19H,3-16,18,20-36H2,1-2H3. The molecule has 1 nitrogen and oxygen atoms in total. The van der Waals surface area contributed by atoms with Gasteiger partial charge in [0, 0.05) is 13.2 Å². The van der Waals surface area contributed by atoms with Gasteiger partial charge < -0.3 is 4.74 Å². The summed E-state index contributed by atoms with van der Waals surface area (Å²) in [5.74, 6) is 0. The third-order valence-electron chi connectivity index (χ3n) is 7.94. The van der Waals surface area contributed by atoms with Crippen LogP contribution in [0.25, 0.3) is 0 Å². The molecule has 0 saturated heterocycles. The van der Waals surface area contributed by atoms with Crippen molar-refractivity contribution < 1.29 is 4.74 Å². The lowest BCUT2D eigenvalue weighted by atomic mass is 10.0. The highest BCUT2D eigenvalue weighted by molar-refractivity contribution is 4.81. The third-order valence-corrected chi connectivity index (χ3v) is 7.94. The van der Waals surface area contributed by atoms with Gasteiger partial charge in [0.2, 0.25) is 0 Å². The van der Waals surface area contributed by atoms with Crippen molar-refractivity contribution in [2.24, 2.45) is 0 Å². The normalized spacial score (nSPS) is 11.7. The van der Waals surface area contributed by atoms with Crippen LogP contribution >= 0.6 is 0 Å². The van der Waals surface area contributed by atoms with Crippen molar-refractivity contribution in [1.82, 2.24) is 0 Å². The predicted octanol–water partition coefficient (Wildman–Crippen LogP) is 13.3. The average Bonchev–Trinajstić information content (AvgIpc) is 2.91. The molecule has 0 spiro atoms. The highest BCUT2D eigenvalue weighted by atomic mass is 16.5. The second-order valence-electron chi connectivity index (χ2n) is 11.9. The summed E-state index contributed by atoms with van der Waals surface area (Å²) < 4.78 is 5.86. The summed E-state index contributed by atoms with van der Waals surface area (Å²) in [6.45, 7) is 6.57. The Labute approximate surface area is 236 Å². The zero-order valence-electron chi connectivity index (χ0n) is 26.2. The van der Waals surface area contributed by atoms with Crippen molar-refractivity contribution >= 4 is 0 Å². The van der Waals surface area contributed by atoms with Crippen molar-refractivity contribution in [3.8, 4) is 0 Å². The van der Waals surface area contributed by atoms with Crippen LogP contribution in [0, 0.1) is 0 Å². The minimum atomic E-state index is 0.986. The fourth-order valence-electron chi connectivity index (χ4n) is 5.31. The lowest BCUT2D eigenvalue weighted by Gasteiger charge is -2.05. The smallest absolute Gasteiger partial charge is 0.0466 e. The van der Waals surface area contributed by atoms with Crippen LogP contribution in [0.3, 0.4) is 0 Å². The molecule has 0 heterocycles. The highest BCUT2D eigenvalue weighted by Crippen LogP contribution is 2.14. The molecule has 0 aromatic carbocycles. The number of hydrogen-bond donors (Lipinski definition) is 0. The molecule has 0 fully saturated rings. The Hall–Kier alpha value is -0.300. The van der Waals surface area contributed by atoms with Gasteiger partial charge in [-0.05, 0) is 38.5 Å². The predicted molar refractivity (Wildman–Crippen MR) is 170 cm³/mol. The Morgan fingerprint density at radius 3 is 0.838 bits per heavy atom. The van der Waals surface area contributed by atoms with Crippen LogP contribution in [0.4, 0.5) is 0 Å². The first kappa shape index (κ1) is 36.7. The topological polar surface area (TPSA) is 9.23 Å². The van der Waals surface area contributed by atoms with E-state index in [1.54, 1.807) is 0 Å². The van der Waals surface area contributed by atoms with E-state index in [0.29, 0.717) is 0 Å². The van der Waals surface area contributed by atoms with E-state index < -0.39 is 0 Å². The molecule has 37 heavy (non-hydrogen) atoms. The quantitative estimate of drug-likeness (QED) is 0.0617. The first-order valence-corrected chi connectivity index (χ1v) is 17.6.